The van der Waals surface area contributed by atoms with Crippen LogP contribution in [0.25, 0.3) is 0 Å². The molecule has 0 aromatic rings. The molecule has 0 spiro atoms. The number of nitrogens with zero attached hydrogens (tertiary/aromatic N) is 1. The molecule has 5 nitrogen and oxygen atoms in total. The highest BCUT2D eigenvalue weighted by Gasteiger charge is 2.49. The summed E-state index contributed by atoms with van der Waals surface area (Å²) in [6.07, 6.45) is 2.17. The van der Waals surface area contributed by atoms with Crippen molar-refractivity contribution in [1.29, 1.82) is 0 Å². The van der Waals surface area contributed by atoms with Crippen LogP contribution in [0, 0.1) is 11.8 Å². The fourth-order valence-electron chi connectivity index (χ4n) is 2.10. The van der Waals surface area contributed by atoms with E-state index in [0.717, 1.165) is 12.8 Å². The molecule has 84 valence electrons. The van der Waals surface area contributed by atoms with Crippen LogP contribution in [0.4, 0.5) is 0 Å². The number of piperidine rings is 1. The topological polar surface area (TPSA) is 83.6 Å². The molecule has 1 heterocycles. The average molecular weight is 212 g/mol. The number of amides is 1. The standard InChI is InChI=1S/C10H16N2O3/c11-6-1-3-12(4-2-6)9(13)7-5-8(7)10(14)15/h6-8H,1-5,11H2,(H,14,15)/t7-,8+/m1/s1. The fourth-order valence-corrected chi connectivity index (χ4v) is 2.10. The van der Waals surface area contributed by atoms with Crippen molar-refractivity contribution in [3.63, 3.8) is 0 Å². The SMILES string of the molecule is NC1CCN(C(=O)[C@@H]2C[C@@H]2C(=O)O)CC1. The van der Waals surface area contributed by atoms with Crippen LogP contribution >= 0.6 is 0 Å². The summed E-state index contributed by atoms with van der Waals surface area (Å²) in [5.41, 5.74) is 5.73. The Bertz CT molecular complexity index is 284. The molecule has 0 radical (unpaired) electrons. The lowest BCUT2D eigenvalue weighted by Gasteiger charge is -2.30. The van der Waals surface area contributed by atoms with Crippen LogP contribution in [-0.2, 0) is 9.59 Å². The average Bonchev–Trinajstić information content (AvgIpc) is 2.97. The number of rotatable bonds is 2. The van der Waals surface area contributed by atoms with Crippen LogP contribution in [0.5, 0.6) is 0 Å². The lowest BCUT2D eigenvalue weighted by atomic mass is 10.1. The van der Waals surface area contributed by atoms with E-state index in [1.165, 1.54) is 0 Å². The van der Waals surface area contributed by atoms with Gasteiger partial charge in [-0.15, -0.1) is 0 Å². The van der Waals surface area contributed by atoms with E-state index < -0.39 is 11.9 Å². The molecule has 15 heavy (non-hydrogen) atoms. The van der Waals surface area contributed by atoms with Gasteiger partial charge in [0.25, 0.3) is 0 Å². The number of likely N-dealkylation sites (tertiary alicyclic amines) is 1. The van der Waals surface area contributed by atoms with Gasteiger partial charge < -0.3 is 15.7 Å². The number of aliphatic carboxylic acids is 1. The number of hydrogen-bond acceptors (Lipinski definition) is 3. The first kappa shape index (κ1) is 10.4. The van der Waals surface area contributed by atoms with E-state index in [1.54, 1.807) is 4.90 Å². The molecule has 1 aliphatic carbocycles. The van der Waals surface area contributed by atoms with Crippen LogP contribution < -0.4 is 5.73 Å². The van der Waals surface area contributed by atoms with E-state index in [9.17, 15) is 9.59 Å². The van der Waals surface area contributed by atoms with Crippen molar-refractivity contribution in [3.05, 3.63) is 0 Å². The zero-order valence-corrected chi connectivity index (χ0v) is 8.56. The Morgan fingerprint density at radius 3 is 2.27 bits per heavy atom. The van der Waals surface area contributed by atoms with Crippen molar-refractivity contribution in [2.75, 3.05) is 13.1 Å². The number of carboxylic acids is 1. The van der Waals surface area contributed by atoms with Gasteiger partial charge in [0, 0.05) is 19.1 Å². The summed E-state index contributed by atoms with van der Waals surface area (Å²) < 4.78 is 0. The number of hydrogen-bond donors (Lipinski definition) is 2. The summed E-state index contributed by atoms with van der Waals surface area (Å²) in [4.78, 5) is 24.2. The molecular formula is C10H16N2O3. The third-order valence-corrected chi connectivity index (χ3v) is 3.28. The third-order valence-electron chi connectivity index (χ3n) is 3.28. The Balaban J connectivity index is 1.85. The van der Waals surface area contributed by atoms with Crippen molar-refractivity contribution in [1.82, 2.24) is 4.90 Å². The van der Waals surface area contributed by atoms with Gasteiger partial charge in [-0.25, -0.2) is 0 Å². The number of carbonyl (C=O) groups excluding carboxylic acids is 1. The third kappa shape index (κ3) is 2.12. The maximum Gasteiger partial charge on any atom is 0.307 e. The van der Waals surface area contributed by atoms with Crippen molar-refractivity contribution < 1.29 is 14.7 Å². The molecule has 0 aromatic heterocycles. The smallest absolute Gasteiger partial charge is 0.307 e. The van der Waals surface area contributed by atoms with Crippen molar-refractivity contribution in [3.8, 4) is 0 Å². The number of carbonyl (C=O) groups is 2. The molecule has 1 aliphatic heterocycles. The second kappa shape index (κ2) is 3.81. The van der Waals surface area contributed by atoms with E-state index in [2.05, 4.69) is 0 Å². The summed E-state index contributed by atoms with van der Waals surface area (Å²) >= 11 is 0. The summed E-state index contributed by atoms with van der Waals surface area (Å²) in [6, 6.07) is 0.198. The zero-order chi connectivity index (χ0) is 11.0. The zero-order valence-electron chi connectivity index (χ0n) is 8.56. The Morgan fingerprint density at radius 1 is 1.20 bits per heavy atom. The summed E-state index contributed by atoms with van der Waals surface area (Å²) in [6.45, 7) is 1.37. The molecule has 2 atom stereocenters. The quantitative estimate of drug-likeness (QED) is 0.655. The van der Waals surface area contributed by atoms with Crippen molar-refractivity contribution >= 4 is 11.9 Å². The molecule has 1 amide bonds. The van der Waals surface area contributed by atoms with Crippen LogP contribution in [0.15, 0.2) is 0 Å². The maximum atomic E-state index is 11.8. The molecule has 1 saturated carbocycles. The first-order valence-corrected chi connectivity index (χ1v) is 5.36. The van der Waals surface area contributed by atoms with E-state index >= 15 is 0 Å². The van der Waals surface area contributed by atoms with E-state index in [0.29, 0.717) is 19.5 Å². The van der Waals surface area contributed by atoms with Crippen molar-refractivity contribution in [2.45, 2.75) is 25.3 Å². The van der Waals surface area contributed by atoms with Gasteiger partial charge in [-0.3, -0.25) is 9.59 Å². The number of nitrogens with two attached hydrogens (primary N) is 1. The summed E-state index contributed by atoms with van der Waals surface area (Å²) in [7, 11) is 0. The Morgan fingerprint density at radius 2 is 1.80 bits per heavy atom. The predicted molar refractivity (Wildman–Crippen MR) is 53.0 cm³/mol. The Labute approximate surface area is 88.2 Å². The fraction of sp³-hybridized carbons (Fsp3) is 0.800. The number of carboxylic acid groups (broad SMARTS) is 1. The molecule has 2 rings (SSSR count). The normalized spacial score (nSPS) is 31.4. The second-order valence-corrected chi connectivity index (χ2v) is 4.45. The van der Waals surface area contributed by atoms with Gasteiger partial charge >= 0.3 is 5.97 Å². The van der Waals surface area contributed by atoms with Crippen LogP contribution in [-0.4, -0.2) is 41.0 Å². The molecular weight excluding hydrogens is 196 g/mol. The van der Waals surface area contributed by atoms with Gasteiger partial charge in [-0.05, 0) is 19.3 Å². The summed E-state index contributed by atoms with van der Waals surface area (Å²) in [5, 5.41) is 8.72. The molecule has 3 N–H and O–H groups in total. The van der Waals surface area contributed by atoms with E-state index in [4.69, 9.17) is 10.8 Å². The largest absolute Gasteiger partial charge is 0.481 e. The molecule has 2 fully saturated rings. The van der Waals surface area contributed by atoms with Crippen LogP contribution in [0.3, 0.4) is 0 Å². The molecule has 0 aromatic carbocycles. The van der Waals surface area contributed by atoms with Gasteiger partial charge in [-0.2, -0.15) is 0 Å². The maximum absolute atomic E-state index is 11.8. The van der Waals surface area contributed by atoms with Gasteiger partial charge in [0.15, 0.2) is 0 Å². The molecule has 5 heteroatoms. The summed E-state index contributed by atoms with van der Waals surface area (Å²) in [5.74, 6) is -1.54. The highest BCUT2D eigenvalue weighted by Crippen LogP contribution is 2.40. The lowest BCUT2D eigenvalue weighted by Crippen LogP contribution is -2.43. The van der Waals surface area contributed by atoms with Gasteiger partial charge in [0.1, 0.15) is 0 Å². The van der Waals surface area contributed by atoms with Crippen molar-refractivity contribution in [2.24, 2.45) is 17.6 Å². The Hall–Kier alpha value is -1.10. The molecule has 0 unspecified atom stereocenters. The first-order valence-electron chi connectivity index (χ1n) is 5.36. The monoisotopic (exact) mass is 212 g/mol. The van der Waals surface area contributed by atoms with Gasteiger partial charge in [-0.1, -0.05) is 0 Å². The highest BCUT2D eigenvalue weighted by molar-refractivity contribution is 5.89. The highest BCUT2D eigenvalue weighted by atomic mass is 16.4. The molecule has 0 bridgehead atoms. The van der Waals surface area contributed by atoms with E-state index in [1.807, 2.05) is 0 Å². The van der Waals surface area contributed by atoms with Crippen LogP contribution in [0.1, 0.15) is 19.3 Å². The minimum atomic E-state index is -0.845. The first-order chi connectivity index (χ1) is 7.09. The second-order valence-electron chi connectivity index (χ2n) is 4.45. The Kier molecular flexibility index (Phi) is 2.65. The van der Waals surface area contributed by atoms with E-state index in [-0.39, 0.29) is 17.9 Å². The van der Waals surface area contributed by atoms with Gasteiger partial charge in [0.05, 0.1) is 11.8 Å². The van der Waals surface area contributed by atoms with Gasteiger partial charge in [0.2, 0.25) is 5.91 Å². The van der Waals surface area contributed by atoms with Crippen LogP contribution in [0.2, 0.25) is 0 Å². The minimum Gasteiger partial charge on any atom is -0.481 e. The lowest BCUT2D eigenvalue weighted by molar-refractivity contribution is -0.142. The minimum absolute atomic E-state index is 0.00861. The predicted octanol–water partition coefficient (Wildman–Crippen LogP) is -0.343. The molecule has 1 saturated heterocycles. The molecule has 2 aliphatic rings.